The van der Waals surface area contributed by atoms with Crippen LogP contribution < -0.4 is 10.6 Å². The predicted molar refractivity (Wildman–Crippen MR) is 110 cm³/mol. The molecule has 26 heavy (non-hydrogen) atoms. The van der Waals surface area contributed by atoms with E-state index in [1.54, 1.807) is 0 Å². The van der Waals surface area contributed by atoms with E-state index < -0.39 is 0 Å². The highest BCUT2D eigenvalue weighted by atomic mass is 32.2. The summed E-state index contributed by atoms with van der Waals surface area (Å²) in [5, 5.41) is 16.7. The van der Waals surface area contributed by atoms with E-state index in [2.05, 4.69) is 49.1 Å². The summed E-state index contributed by atoms with van der Waals surface area (Å²) in [5.74, 6) is 4.50. The van der Waals surface area contributed by atoms with Crippen LogP contribution in [0.25, 0.3) is 0 Å². The van der Waals surface area contributed by atoms with Crippen LogP contribution in [0.2, 0.25) is 0 Å². The Morgan fingerprint density at radius 2 is 2.19 bits per heavy atom. The number of nitrogens with zero attached hydrogens (tertiary/aromatic N) is 4. The summed E-state index contributed by atoms with van der Waals surface area (Å²) in [4.78, 5) is 4.39. The van der Waals surface area contributed by atoms with E-state index >= 15 is 0 Å². The minimum atomic E-state index is 0.567. The van der Waals surface area contributed by atoms with Crippen LogP contribution in [0.15, 0.2) is 4.99 Å². The third kappa shape index (κ3) is 5.38. The SMILES string of the molecule is CCSC1CCC(NC(=NC)NCCCc2nnc3n2CCCCC3)C1. The van der Waals surface area contributed by atoms with Gasteiger partial charge in [0.2, 0.25) is 0 Å². The predicted octanol–water partition coefficient (Wildman–Crippen LogP) is 2.78. The lowest BCUT2D eigenvalue weighted by atomic mass is 10.2. The summed E-state index contributed by atoms with van der Waals surface area (Å²) in [6, 6.07) is 0.567. The van der Waals surface area contributed by atoms with Gasteiger partial charge in [-0.2, -0.15) is 11.8 Å². The van der Waals surface area contributed by atoms with E-state index in [-0.39, 0.29) is 0 Å². The lowest BCUT2D eigenvalue weighted by Crippen LogP contribution is -2.43. The molecule has 6 nitrogen and oxygen atoms in total. The number of aliphatic imine (C=N–C) groups is 1. The van der Waals surface area contributed by atoms with Crippen molar-refractivity contribution in [3.05, 3.63) is 11.6 Å². The van der Waals surface area contributed by atoms with Gasteiger partial charge in [-0.1, -0.05) is 13.3 Å². The van der Waals surface area contributed by atoms with Gasteiger partial charge in [0.05, 0.1) is 0 Å². The number of nitrogens with one attached hydrogen (secondary N) is 2. The minimum absolute atomic E-state index is 0.567. The van der Waals surface area contributed by atoms with Crippen LogP contribution >= 0.6 is 11.8 Å². The Morgan fingerprint density at radius 1 is 1.27 bits per heavy atom. The Labute approximate surface area is 162 Å². The normalized spacial score (nSPS) is 23.5. The summed E-state index contributed by atoms with van der Waals surface area (Å²) in [6.45, 7) is 4.26. The molecule has 2 unspecified atom stereocenters. The van der Waals surface area contributed by atoms with Crippen LogP contribution in [0.5, 0.6) is 0 Å². The zero-order chi connectivity index (χ0) is 18.2. The van der Waals surface area contributed by atoms with Crippen LogP contribution in [0.1, 0.15) is 63.5 Å². The van der Waals surface area contributed by atoms with Crippen LogP contribution in [-0.4, -0.2) is 51.4 Å². The van der Waals surface area contributed by atoms with Gasteiger partial charge in [0.25, 0.3) is 0 Å². The Hall–Kier alpha value is -1.24. The molecule has 0 bridgehead atoms. The molecule has 1 aromatic heterocycles. The second kappa shape index (κ2) is 10.2. The zero-order valence-corrected chi connectivity index (χ0v) is 17.2. The molecule has 0 aromatic carbocycles. The number of hydrogen-bond donors (Lipinski definition) is 2. The maximum Gasteiger partial charge on any atom is 0.191 e. The van der Waals surface area contributed by atoms with E-state index in [0.717, 1.165) is 49.4 Å². The van der Waals surface area contributed by atoms with Gasteiger partial charge in [0.15, 0.2) is 5.96 Å². The zero-order valence-electron chi connectivity index (χ0n) is 16.3. The highest BCUT2D eigenvalue weighted by molar-refractivity contribution is 7.99. The largest absolute Gasteiger partial charge is 0.356 e. The first kappa shape index (κ1) is 19.5. The minimum Gasteiger partial charge on any atom is -0.356 e. The Bertz CT molecular complexity index is 585. The molecule has 2 heterocycles. The standard InChI is InChI=1S/C19H34N6S/c1-3-26-16-11-10-15(14-16)22-19(20-2)21-12-7-9-18-24-23-17-8-5-4-6-13-25(17)18/h15-16H,3-14H2,1-2H3,(H2,20,21,22). The first-order valence-corrected chi connectivity index (χ1v) is 11.3. The molecule has 0 amide bonds. The van der Waals surface area contributed by atoms with Gasteiger partial charge in [-0.05, 0) is 44.3 Å². The smallest absolute Gasteiger partial charge is 0.191 e. The fourth-order valence-electron chi connectivity index (χ4n) is 4.03. The van der Waals surface area contributed by atoms with Crippen LogP contribution in [-0.2, 0) is 19.4 Å². The number of thioether (sulfide) groups is 1. The molecule has 1 fully saturated rings. The molecule has 7 heteroatoms. The van der Waals surface area contributed by atoms with E-state index in [1.165, 1.54) is 50.1 Å². The van der Waals surface area contributed by atoms with Gasteiger partial charge in [0.1, 0.15) is 11.6 Å². The molecule has 1 saturated carbocycles. The molecule has 1 aliphatic carbocycles. The number of aromatic nitrogens is 3. The highest BCUT2D eigenvalue weighted by Crippen LogP contribution is 2.29. The highest BCUT2D eigenvalue weighted by Gasteiger charge is 2.25. The monoisotopic (exact) mass is 378 g/mol. The maximum absolute atomic E-state index is 4.42. The third-order valence-electron chi connectivity index (χ3n) is 5.41. The Balaban J connectivity index is 1.38. The average molecular weight is 379 g/mol. The molecule has 0 radical (unpaired) electrons. The molecule has 1 aliphatic heterocycles. The van der Waals surface area contributed by atoms with Gasteiger partial charge in [0, 0.05) is 44.3 Å². The fourth-order valence-corrected chi connectivity index (χ4v) is 5.17. The van der Waals surface area contributed by atoms with Crippen LogP contribution in [0.4, 0.5) is 0 Å². The molecule has 146 valence electrons. The van der Waals surface area contributed by atoms with Gasteiger partial charge < -0.3 is 15.2 Å². The van der Waals surface area contributed by atoms with E-state index in [4.69, 9.17) is 0 Å². The van der Waals surface area contributed by atoms with E-state index in [9.17, 15) is 0 Å². The van der Waals surface area contributed by atoms with Crippen molar-refractivity contribution in [2.45, 2.75) is 82.5 Å². The third-order valence-corrected chi connectivity index (χ3v) is 6.64. The topological polar surface area (TPSA) is 67.1 Å². The molecular weight excluding hydrogens is 344 g/mol. The number of aryl methyl sites for hydroxylation is 2. The average Bonchev–Trinajstić information content (AvgIpc) is 3.17. The van der Waals surface area contributed by atoms with E-state index in [0.29, 0.717) is 6.04 Å². The fraction of sp³-hybridized carbons (Fsp3) is 0.842. The van der Waals surface area contributed by atoms with E-state index in [1.807, 2.05) is 7.05 Å². The summed E-state index contributed by atoms with van der Waals surface area (Å²) in [5.41, 5.74) is 0. The first-order chi connectivity index (χ1) is 12.8. The molecule has 0 spiro atoms. The Morgan fingerprint density at radius 3 is 3.04 bits per heavy atom. The molecule has 2 aliphatic rings. The Kier molecular flexibility index (Phi) is 7.65. The number of rotatable bonds is 7. The first-order valence-electron chi connectivity index (χ1n) is 10.3. The van der Waals surface area contributed by atoms with Crippen LogP contribution in [0.3, 0.4) is 0 Å². The van der Waals surface area contributed by atoms with Crippen molar-refractivity contribution < 1.29 is 0 Å². The molecular formula is C19H34N6S. The molecule has 2 N–H and O–H groups in total. The van der Waals surface area contributed by atoms with Gasteiger partial charge in [-0.3, -0.25) is 4.99 Å². The molecule has 2 atom stereocenters. The van der Waals surface area contributed by atoms with Crippen molar-refractivity contribution in [2.75, 3.05) is 19.3 Å². The number of hydrogen-bond acceptors (Lipinski definition) is 4. The quantitative estimate of drug-likeness (QED) is 0.434. The maximum atomic E-state index is 4.42. The van der Waals surface area contributed by atoms with Crippen molar-refractivity contribution >= 4 is 17.7 Å². The number of fused-ring (bicyclic) bond motifs is 1. The lowest BCUT2D eigenvalue weighted by Gasteiger charge is -2.17. The summed E-state index contributed by atoms with van der Waals surface area (Å²) < 4.78 is 2.35. The molecule has 1 aromatic rings. The van der Waals surface area contributed by atoms with Crippen molar-refractivity contribution in [3.63, 3.8) is 0 Å². The van der Waals surface area contributed by atoms with Crippen molar-refractivity contribution in [3.8, 4) is 0 Å². The van der Waals surface area contributed by atoms with Crippen molar-refractivity contribution in [1.82, 2.24) is 25.4 Å². The second-order valence-electron chi connectivity index (χ2n) is 7.33. The molecule has 0 saturated heterocycles. The second-order valence-corrected chi connectivity index (χ2v) is 8.91. The van der Waals surface area contributed by atoms with Crippen LogP contribution in [0, 0.1) is 0 Å². The lowest BCUT2D eigenvalue weighted by molar-refractivity contribution is 0.588. The van der Waals surface area contributed by atoms with Gasteiger partial charge in [-0.25, -0.2) is 0 Å². The van der Waals surface area contributed by atoms with Crippen molar-refractivity contribution in [1.29, 1.82) is 0 Å². The number of guanidine groups is 1. The molecule has 3 rings (SSSR count). The summed E-state index contributed by atoms with van der Waals surface area (Å²) in [6.07, 6.45) is 10.8. The summed E-state index contributed by atoms with van der Waals surface area (Å²) >= 11 is 2.09. The van der Waals surface area contributed by atoms with Gasteiger partial charge >= 0.3 is 0 Å². The van der Waals surface area contributed by atoms with Gasteiger partial charge in [-0.15, -0.1) is 10.2 Å². The van der Waals surface area contributed by atoms with Crippen molar-refractivity contribution in [2.24, 2.45) is 4.99 Å². The summed E-state index contributed by atoms with van der Waals surface area (Å²) in [7, 11) is 1.86.